The van der Waals surface area contributed by atoms with Crippen molar-refractivity contribution in [1.82, 2.24) is 0 Å². The van der Waals surface area contributed by atoms with Crippen LogP contribution in [0.5, 0.6) is 0 Å². The van der Waals surface area contributed by atoms with E-state index in [1.165, 1.54) is 68.9 Å². The molecule has 0 heterocycles. The Morgan fingerprint density at radius 2 is 1.17 bits per heavy atom. The highest BCUT2D eigenvalue weighted by molar-refractivity contribution is 5.90. The fraction of sp³-hybridized carbons (Fsp3) is 0.632. The lowest BCUT2D eigenvalue weighted by Crippen LogP contribution is -2.33. The summed E-state index contributed by atoms with van der Waals surface area (Å²) in [6, 6.07) is 15.8. The van der Waals surface area contributed by atoms with Gasteiger partial charge in [-0.2, -0.15) is 0 Å². The monoisotopic (exact) mass is 576 g/mol. The molecule has 2 aromatic carbocycles. The number of carbonyl (C=O) groups excluding carboxylic acids is 2. The van der Waals surface area contributed by atoms with E-state index < -0.39 is 6.10 Å². The molecule has 0 radical (unpaired) electrons. The number of ether oxygens (including phenoxy) is 2. The molecule has 3 atom stereocenters. The lowest BCUT2D eigenvalue weighted by molar-refractivity contribution is -0.0247. The maximum absolute atomic E-state index is 13.2. The molecule has 42 heavy (non-hydrogen) atoms. The van der Waals surface area contributed by atoms with Crippen LogP contribution in [-0.4, -0.2) is 24.6 Å². The van der Waals surface area contributed by atoms with Gasteiger partial charge >= 0.3 is 11.9 Å². The van der Waals surface area contributed by atoms with Crippen molar-refractivity contribution in [3.63, 3.8) is 0 Å². The van der Waals surface area contributed by atoms with Crippen molar-refractivity contribution in [2.45, 2.75) is 130 Å². The van der Waals surface area contributed by atoms with Gasteiger partial charge in [-0.25, -0.2) is 9.59 Å². The largest absolute Gasteiger partial charge is 0.458 e. The summed E-state index contributed by atoms with van der Waals surface area (Å²) in [4.78, 5) is 26.2. The van der Waals surface area contributed by atoms with Gasteiger partial charge in [-0.15, -0.1) is 0 Å². The van der Waals surface area contributed by atoms with Gasteiger partial charge in [-0.05, 0) is 78.8 Å². The van der Waals surface area contributed by atoms with E-state index in [1.807, 2.05) is 24.3 Å². The summed E-state index contributed by atoms with van der Waals surface area (Å²) < 4.78 is 11.8. The number of carbonyl (C=O) groups is 2. The third-order valence-electron chi connectivity index (χ3n) is 9.33. The topological polar surface area (TPSA) is 52.6 Å². The Morgan fingerprint density at radius 3 is 1.62 bits per heavy atom. The van der Waals surface area contributed by atoms with Crippen LogP contribution in [0.1, 0.15) is 143 Å². The molecule has 0 saturated heterocycles. The van der Waals surface area contributed by atoms with E-state index in [2.05, 4.69) is 52.0 Å². The van der Waals surface area contributed by atoms with Gasteiger partial charge in [0.05, 0.1) is 11.1 Å². The van der Waals surface area contributed by atoms with E-state index in [1.54, 1.807) is 0 Å². The molecule has 0 N–H and O–H groups in total. The molecule has 0 aliphatic heterocycles. The first-order valence-corrected chi connectivity index (χ1v) is 17.0. The summed E-state index contributed by atoms with van der Waals surface area (Å²) >= 11 is 0. The van der Waals surface area contributed by atoms with Gasteiger partial charge in [-0.1, -0.05) is 123 Å². The second kappa shape index (κ2) is 18.8. The number of rotatable bonds is 18. The standard InChI is InChI=1S/C38H56O4/c1-5-9-14-29(7-3)26-31-18-22-34(23-19-31)37(39)41-28-36(33-16-12-11-13-17-33)42-38(40)35-24-20-32(21-25-35)27-30(8-4)15-10-6-2/h18-25,29-30,33,36H,5-17,26-28H2,1-4H3. The van der Waals surface area contributed by atoms with Gasteiger partial charge in [-0.3, -0.25) is 0 Å². The van der Waals surface area contributed by atoms with Crippen molar-refractivity contribution in [2.75, 3.05) is 6.61 Å². The van der Waals surface area contributed by atoms with E-state index in [0.717, 1.165) is 38.5 Å². The average Bonchev–Trinajstić information content (AvgIpc) is 3.03. The Labute approximate surface area is 256 Å². The lowest BCUT2D eigenvalue weighted by Gasteiger charge is -2.29. The normalized spacial score (nSPS) is 16.0. The minimum Gasteiger partial charge on any atom is -0.458 e. The Bertz CT molecular complexity index is 1040. The van der Waals surface area contributed by atoms with Crippen LogP contribution in [0.4, 0.5) is 0 Å². The van der Waals surface area contributed by atoms with Crippen LogP contribution in [0.15, 0.2) is 48.5 Å². The van der Waals surface area contributed by atoms with Gasteiger partial charge in [0.2, 0.25) is 0 Å². The second-order valence-corrected chi connectivity index (χ2v) is 12.6. The fourth-order valence-electron chi connectivity index (χ4n) is 6.33. The highest BCUT2D eigenvalue weighted by atomic mass is 16.6. The molecule has 3 unspecified atom stereocenters. The van der Waals surface area contributed by atoms with Crippen LogP contribution < -0.4 is 0 Å². The Morgan fingerprint density at radius 1 is 0.690 bits per heavy atom. The summed E-state index contributed by atoms with van der Waals surface area (Å²) in [5.41, 5.74) is 3.64. The molecule has 3 rings (SSSR count). The van der Waals surface area contributed by atoms with Crippen molar-refractivity contribution < 1.29 is 19.1 Å². The summed E-state index contributed by atoms with van der Waals surface area (Å²) in [7, 11) is 0. The summed E-state index contributed by atoms with van der Waals surface area (Å²) in [6.45, 7) is 9.09. The van der Waals surface area contributed by atoms with Crippen molar-refractivity contribution in [1.29, 1.82) is 0 Å². The Kier molecular flexibility index (Phi) is 15.2. The maximum Gasteiger partial charge on any atom is 0.338 e. The molecular weight excluding hydrogens is 520 g/mol. The molecule has 2 aromatic rings. The van der Waals surface area contributed by atoms with Gasteiger partial charge in [0.25, 0.3) is 0 Å². The number of hydrogen-bond acceptors (Lipinski definition) is 4. The molecule has 0 amide bonds. The number of esters is 2. The predicted octanol–water partition coefficient (Wildman–Crippen LogP) is 10.2. The van der Waals surface area contributed by atoms with Crippen molar-refractivity contribution in [2.24, 2.45) is 17.8 Å². The van der Waals surface area contributed by atoms with Crippen LogP contribution >= 0.6 is 0 Å². The Balaban J connectivity index is 1.58. The minimum atomic E-state index is -0.428. The third-order valence-corrected chi connectivity index (χ3v) is 9.33. The Hall–Kier alpha value is -2.62. The highest BCUT2D eigenvalue weighted by Crippen LogP contribution is 2.29. The van der Waals surface area contributed by atoms with E-state index >= 15 is 0 Å². The van der Waals surface area contributed by atoms with Crippen LogP contribution in [0.25, 0.3) is 0 Å². The van der Waals surface area contributed by atoms with Crippen LogP contribution in [0, 0.1) is 17.8 Å². The van der Waals surface area contributed by atoms with Crippen LogP contribution in [0.3, 0.4) is 0 Å². The highest BCUT2D eigenvalue weighted by Gasteiger charge is 2.29. The number of unbranched alkanes of at least 4 members (excludes halogenated alkanes) is 2. The predicted molar refractivity (Wildman–Crippen MR) is 173 cm³/mol. The van der Waals surface area contributed by atoms with Gasteiger partial charge < -0.3 is 9.47 Å². The lowest BCUT2D eigenvalue weighted by atomic mass is 9.85. The maximum atomic E-state index is 13.2. The molecule has 0 aromatic heterocycles. The molecule has 4 heteroatoms. The molecule has 4 nitrogen and oxygen atoms in total. The van der Waals surface area contributed by atoms with Crippen LogP contribution in [0.2, 0.25) is 0 Å². The zero-order valence-electron chi connectivity index (χ0n) is 26.9. The van der Waals surface area contributed by atoms with Crippen molar-refractivity contribution in [3.05, 3.63) is 70.8 Å². The van der Waals surface area contributed by atoms with E-state index in [4.69, 9.17) is 9.47 Å². The van der Waals surface area contributed by atoms with Gasteiger partial charge in [0.1, 0.15) is 12.7 Å². The average molecular weight is 577 g/mol. The van der Waals surface area contributed by atoms with E-state index in [0.29, 0.717) is 23.0 Å². The molecule has 1 aliphatic carbocycles. The second-order valence-electron chi connectivity index (χ2n) is 12.6. The molecule has 0 spiro atoms. The summed E-state index contributed by atoms with van der Waals surface area (Å²) in [5.74, 6) is 0.904. The number of benzene rings is 2. The van der Waals surface area contributed by atoms with Crippen LogP contribution in [-0.2, 0) is 22.3 Å². The number of hydrogen-bond donors (Lipinski definition) is 0. The molecule has 0 bridgehead atoms. The zero-order valence-corrected chi connectivity index (χ0v) is 26.9. The van der Waals surface area contributed by atoms with Gasteiger partial charge in [0, 0.05) is 0 Å². The minimum absolute atomic E-state index is 0.0968. The van der Waals surface area contributed by atoms with E-state index in [-0.39, 0.29) is 24.5 Å². The van der Waals surface area contributed by atoms with Gasteiger partial charge in [0.15, 0.2) is 0 Å². The van der Waals surface area contributed by atoms with Crippen molar-refractivity contribution >= 4 is 11.9 Å². The third kappa shape index (κ3) is 11.2. The molecular formula is C38H56O4. The smallest absolute Gasteiger partial charge is 0.338 e. The molecule has 232 valence electrons. The molecule has 1 saturated carbocycles. The van der Waals surface area contributed by atoms with Crippen molar-refractivity contribution in [3.8, 4) is 0 Å². The first-order valence-electron chi connectivity index (χ1n) is 17.0. The quantitative estimate of drug-likeness (QED) is 0.166. The summed E-state index contributed by atoms with van der Waals surface area (Å²) in [6.07, 6.45) is 16.9. The fourth-order valence-corrected chi connectivity index (χ4v) is 6.33. The first-order chi connectivity index (χ1) is 20.5. The molecule has 1 aliphatic rings. The van der Waals surface area contributed by atoms with E-state index in [9.17, 15) is 9.59 Å². The zero-order chi connectivity index (χ0) is 30.2. The molecule has 1 fully saturated rings. The first kappa shape index (κ1) is 33.9. The SMILES string of the molecule is CCCCC(CC)Cc1ccc(C(=O)OCC(OC(=O)c2ccc(CC(CC)CCCC)cc2)C2CCCCC2)cc1. The summed E-state index contributed by atoms with van der Waals surface area (Å²) in [5, 5.41) is 0.